The second-order valence-electron chi connectivity index (χ2n) is 6.34. The molecule has 2 aromatic carbocycles. The molecule has 4 nitrogen and oxygen atoms in total. The Bertz CT molecular complexity index is 847. The highest BCUT2D eigenvalue weighted by Gasteiger charge is 2.05. The van der Waals surface area contributed by atoms with E-state index < -0.39 is 0 Å². The second kappa shape index (κ2) is 6.89. The van der Waals surface area contributed by atoms with Crippen molar-refractivity contribution in [3.63, 3.8) is 0 Å². The van der Waals surface area contributed by atoms with Crippen molar-refractivity contribution in [2.75, 3.05) is 26.0 Å². The standard InChI is InChI=1S/C20H23N3O/c1-15(24)21-19-8-6-16(7-9-19)18-5-4-17-10-11-23(20(17)14-18)13-12-22(2)3/h4-11,14H,12-13H2,1-3H3,(H,21,24). The van der Waals surface area contributed by atoms with E-state index in [1.54, 1.807) is 0 Å². The van der Waals surface area contributed by atoms with E-state index in [0.29, 0.717) is 0 Å². The summed E-state index contributed by atoms with van der Waals surface area (Å²) >= 11 is 0. The summed E-state index contributed by atoms with van der Waals surface area (Å²) in [6.07, 6.45) is 2.15. The minimum absolute atomic E-state index is 0.0529. The second-order valence-corrected chi connectivity index (χ2v) is 6.34. The van der Waals surface area contributed by atoms with Gasteiger partial charge in [-0.05, 0) is 54.9 Å². The third-order valence-electron chi connectivity index (χ3n) is 4.10. The number of benzene rings is 2. The lowest BCUT2D eigenvalue weighted by Crippen LogP contribution is -2.17. The van der Waals surface area contributed by atoms with Gasteiger partial charge in [-0.3, -0.25) is 4.79 Å². The number of rotatable bonds is 5. The topological polar surface area (TPSA) is 37.3 Å². The number of likely N-dealkylation sites (N-methyl/N-ethyl adjacent to an activating group) is 1. The van der Waals surface area contributed by atoms with Crippen LogP contribution in [0.3, 0.4) is 0 Å². The first kappa shape index (κ1) is 16.3. The lowest BCUT2D eigenvalue weighted by Gasteiger charge is -2.12. The maximum atomic E-state index is 11.1. The molecule has 1 heterocycles. The Labute approximate surface area is 142 Å². The summed E-state index contributed by atoms with van der Waals surface area (Å²) in [6, 6.07) is 16.7. The van der Waals surface area contributed by atoms with Gasteiger partial charge in [0.25, 0.3) is 0 Å². The van der Waals surface area contributed by atoms with Crippen molar-refractivity contribution >= 4 is 22.5 Å². The SMILES string of the molecule is CC(=O)Nc1ccc(-c2ccc3ccn(CCN(C)C)c3c2)cc1. The van der Waals surface area contributed by atoms with Crippen molar-refractivity contribution in [3.05, 3.63) is 54.7 Å². The molecule has 0 unspecified atom stereocenters. The quantitative estimate of drug-likeness (QED) is 0.775. The average Bonchev–Trinajstić information content (AvgIpc) is 2.95. The monoisotopic (exact) mass is 321 g/mol. The molecule has 0 atom stereocenters. The average molecular weight is 321 g/mol. The number of carbonyl (C=O) groups excluding carboxylic acids is 1. The molecule has 0 radical (unpaired) electrons. The van der Waals surface area contributed by atoms with Crippen molar-refractivity contribution in [1.82, 2.24) is 9.47 Å². The van der Waals surface area contributed by atoms with E-state index in [-0.39, 0.29) is 5.91 Å². The van der Waals surface area contributed by atoms with Gasteiger partial charge >= 0.3 is 0 Å². The largest absolute Gasteiger partial charge is 0.346 e. The maximum absolute atomic E-state index is 11.1. The lowest BCUT2D eigenvalue weighted by molar-refractivity contribution is -0.114. The Balaban J connectivity index is 1.89. The van der Waals surface area contributed by atoms with E-state index in [0.717, 1.165) is 24.3 Å². The third kappa shape index (κ3) is 3.66. The Morgan fingerprint density at radius 3 is 2.42 bits per heavy atom. The van der Waals surface area contributed by atoms with Crippen molar-refractivity contribution in [2.45, 2.75) is 13.5 Å². The fraction of sp³-hybridized carbons (Fsp3) is 0.250. The van der Waals surface area contributed by atoms with Crippen LogP contribution in [0.2, 0.25) is 0 Å². The molecule has 0 aliphatic rings. The number of hydrogen-bond donors (Lipinski definition) is 1. The molecule has 124 valence electrons. The van der Waals surface area contributed by atoms with Gasteiger partial charge in [0, 0.05) is 37.4 Å². The van der Waals surface area contributed by atoms with Gasteiger partial charge in [0.2, 0.25) is 5.91 Å². The number of carbonyl (C=O) groups is 1. The van der Waals surface area contributed by atoms with Crippen LogP contribution in [0.4, 0.5) is 5.69 Å². The number of anilines is 1. The van der Waals surface area contributed by atoms with E-state index in [4.69, 9.17) is 0 Å². The van der Waals surface area contributed by atoms with Crippen molar-refractivity contribution in [2.24, 2.45) is 0 Å². The summed E-state index contributed by atoms with van der Waals surface area (Å²) in [5.41, 5.74) is 4.40. The molecule has 0 spiro atoms. The van der Waals surface area contributed by atoms with Gasteiger partial charge in [-0.25, -0.2) is 0 Å². The highest BCUT2D eigenvalue weighted by atomic mass is 16.1. The van der Waals surface area contributed by atoms with Gasteiger partial charge in [0.05, 0.1) is 0 Å². The van der Waals surface area contributed by atoms with Crippen molar-refractivity contribution < 1.29 is 4.79 Å². The fourth-order valence-corrected chi connectivity index (χ4v) is 2.82. The molecule has 0 aliphatic carbocycles. The molecule has 0 saturated carbocycles. The normalized spacial score (nSPS) is 11.2. The number of amides is 1. The van der Waals surface area contributed by atoms with E-state index in [1.165, 1.54) is 23.4 Å². The predicted molar refractivity (Wildman–Crippen MR) is 100 cm³/mol. The zero-order valence-corrected chi connectivity index (χ0v) is 14.4. The van der Waals surface area contributed by atoms with Gasteiger partial charge in [-0.2, -0.15) is 0 Å². The van der Waals surface area contributed by atoms with Crippen LogP contribution in [-0.2, 0) is 11.3 Å². The maximum Gasteiger partial charge on any atom is 0.221 e. The van der Waals surface area contributed by atoms with E-state index in [2.05, 4.69) is 59.3 Å². The number of nitrogens with one attached hydrogen (secondary N) is 1. The summed E-state index contributed by atoms with van der Waals surface area (Å²) in [7, 11) is 4.18. The summed E-state index contributed by atoms with van der Waals surface area (Å²) in [5, 5.41) is 4.05. The first-order valence-corrected chi connectivity index (χ1v) is 8.14. The number of hydrogen-bond acceptors (Lipinski definition) is 2. The highest BCUT2D eigenvalue weighted by molar-refractivity contribution is 5.89. The molecule has 0 aliphatic heterocycles. The Hall–Kier alpha value is -2.59. The van der Waals surface area contributed by atoms with Crippen LogP contribution in [0.15, 0.2) is 54.7 Å². The van der Waals surface area contributed by atoms with Gasteiger partial charge in [0.1, 0.15) is 0 Å². The molecule has 0 fully saturated rings. The predicted octanol–water partition coefficient (Wildman–Crippen LogP) is 3.83. The lowest BCUT2D eigenvalue weighted by atomic mass is 10.0. The van der Waals surface area contributed by atoms with Gasteiger partial charge in [-0.15, -0.1) is 0 Å². The van der Waals surface area contributed by atoms with Crippen molar-refractivity contribution in [3.8, 4) is 11.1 Å². The van der Waals surface area contributed by atoms with Gasteiger partial charge < -0.3 is 14.8 Å². The van der Waals surface area contributed by atoms with Crippen LogP contribution in [-0.4, -0.2) is 36.0 Å². The number of nitrogens with zero attached hydrogens (tertiary/aromatic N) is 2. The first-order valence-electron chi connectivity index (χ1n) is 8.14. The van der Waals surface area contributed by atoms with E-state index in [1.807, 2.05) is 24.3 Å². The third-order valence-corrected chi connectivity index (χ3v) is 4.10. The van der Waals surface area contributed by atoms with Crippen LogP contribution in [0.25, 0.3) is 22.0 Å². The molecular formula is C20H23N3O. The minimum atomic E-state index is -0.0529. The Kier molecular flexibility index (Phi) is 4.67. The summed E-state index contributed by atoms with van der Waals surface area (Å²) in [5.74, 6) is -0.0529. The zero-order valence-electron chi connectivity index (χ0n) is 14.4. The number of fused-ring (bicyclic) bond motifs is 1. The molecule has 1 amide bonds. The molecule has 0 bridgehead atoms. The molecule has 3 aromatic rings. The zero-order chi connectivity index (χ0) is 17.1. The number of aromatic nitrogens is 1. The molecule has 24 heavy (non-hydrogen) atoms. The molecular weight excluding hydrogens is 298 g/mol. The van der Waals surface area contributed by atoms with Gasteiger partial charge in [-0.1, -0.05) is 24.3 Å². The molecule has 1 N–H and O–H groups in total. The Morgan fingerprint density at radius 2 is 1.75 bits per heavy atom. The van der Waals surface area contributed by atoms with E-state index >= 15 is 0 Å². The van der Waals surface area contributed by atoms with Crippen LogP contribution in [0, 0.1) is 0 Å². The molecule has 0 saturated heterocycles. The van der Waals surface area contributed by atoms with Crippen LogP contribution in [0.5, 0.6) is 0 Å². The summed E-state index contributed by atoms with van der Waals surface area (Å²) in [4.78, 5) is 13.3. The van der Waals surface area contributed by atoms with Crippen LogP contribution < -0.4 is 5.32 Å². The molecule has 1 aromatic heterocycles. The molecule has 4 heteroatoms. The molecule has 3 rings (SSSR count). The summed E-state index contributed by atoms with van der Waals surface area (Å²) in [6.45, 7) is 3.50. The van der Waals surface area contributed by atoms with Crippen LogP contribution >= 0.6 is 0 Å². The van der Waals surface area contributed by atoms with Gasteiger partial charge in [0.15, 0.2) is 0 Å². The smallest absolute Gasteiger partial charge is 0.221 e. The minimum Gasteiger partial charge on any atom is -0.346 e. The van der Waals surface area contributed by atoms with E-state index in [9.17, 15) is 4.79 Å². The summed E-state index contributed by atoms with van der Waals surface area (Å²) < 4.78 is 2.30. The Morgan fingerprint density at radius 1 is 1.04 bits per heavy atom. The highest BCUT2D eigenvalue weighted by Crippen LogP contribution is 2.26. The first-order chi connectivity index (χ1) is 11.5. The fourth-order valence-electron chi connectivity index (χ4n) is 2.82. The van der Waals surface area contributed by atoms with Crippen LogP contribution in [0.1, 0.15) is 6.92 Å². The van der Waals surface area contributed by atoms with Crippen molar-refractivity contribution in [1.29, 1.82) is 0 Å².